The lowest BCUT2D eigenvalue weighted by atomic mass is 10.1. The van der Waals surface area contributed by atoms with Gasteiger partial charge >= 0.3 is 0 Å². The molecule has 0 atom stereocenters. The molecule has 2 aromatic carbocycles. The third-order valence-electron chi connectivity index (χ3n) is 6.78. The van der Waals surface area contributed by atoms with Crippen molar-refractivity contribution in [2.24, 2.45) is 5.92 Å². The lowest BCUT2D eigenvalue weighted by Crippen LogP contribution is -2.40. The van der Waals surface area contributed by atoms with Crippen LogP contribution in [0.15, 0.2) is 73.1 Å². The number of halogens is 1. The van der Waals surface area contributed by atoms with E-state index in [4.69, 9.17) is 0 Å². The highest BCUT2D eigenvalue weighted by Gasteiger charge is 2.24. The smallest absolute Gasteiger partial charge is 0.259 e. The molecule has 3 aromatic rings. The molecule has 0 N–H and O–H groups in total. The Balaban J connectivity index is 1.69. The molecule has 1 aliphatic heterocycles. The van der Waals surface area contributed by atoms with Gasteiger partial charge in [0.1, 0.15) is 5.82 Å². The maximum absolute atomic E-state index is 14.5. The van der Waals surface area contributed by atoms with E-state index in [0.29, 0.717) is 35.8 Å². The summed E-state index contributed by atoms with van der Waals surface area (Å²) < 4.78 is 14.5. The lowest BCUT2D eigenvalue weighted by molar-refractivity contribution is -0.131. The highest BCUT2D eigenvalue weighted by molar-refractivity contribution is 6.06. The maximum atomic E-state index is 14.5. The first-order chi connectivity index (χ1) is 18.4. The number of benzene rings is 2. The Hall–Kier alpha value is -3.58. The van der Waals surface area contributed by atoms with E-state index in [0.717, 1.165) is 38.0 Å². The molecule has 7 heteroatoms. The quantitative estimate of drug-likeness (QED) is 0.468. The Morgan fingerprint density at radius 2 is 1.71 bits per heavy atom. The van der Waals surface area contributed by atoms with Gasteiger partial charge in [0.25, 0.3) is 5.91 Å². The fourth-order valence-electron chi connectivity index (χ4n) is 5.05. The van der Waals surface area contributed by atoms with Crippen molar-refractivity contribution in [2.45, 2.75) is 39.7 Å². The van der Waals surface area contributed by atoms with Crippen molar-refractivity contribution in [3.63, 3.8) is 0 Å². The van der Waals surface area contributed by atoms with Crippen molar-refractivity contribution in [3.8, 4) is 0 Å². The van der Waals surface area contributed by atoms with E-state index in [9.17, 15) is 14.0 Å². The van der Waals surface area contributed by atoms with Gasteiger partial charge in [-0.2, -0.15) is 0 Å². The topological polar surface area (TPSA) is 56.8 Å². The summed E-state index contributed by atoms with van der Waals surface area (Å²) in [4.78, 5) is 37.3. The summed E-state index contributed by atoms with van der Waals surface area (Å²) in [6.07, 6.45) is 5.08. The molecule has 200 valence electrons. The van der Waals surface area contributed by atoms with Gasteiger partial charge < -0.3 is 14.7 Å². The molecule has 4 rings (SSSR count). The first-order valence-electron chi connectivity index (χ1n) is 13.4. The van der Waals surface area contributed by atoms with Crippen molar-refractivity contribution in [2.75, 3.05) is 37.6 Å². The van der Waals surface area contributed by atoms with Gasteiger partial charge in [0.15, 0.2) is 0 Å². The second kappa shape index (κ2) is 13.3. The number of hydrogen-bond donors (Lipinski definition) is 0. The summed E-state index contributed by atoms with van der Waals surface area (Å²) >= 11 is 0. The number of anilines is 1. The Kier molecular flexibility index (Phi) is 9.60. The molecule has 0 spiro atoms. The van der Waals surface area contributed by atoms with Crippen molar-refractivity contribution in [1.82, 2.24) is 14.8 Å². The Bertz CT molecular complexity index is 1200. The van der Waals surface area contributed by atoms with Crippen LogP contribution in [0.4, 0.5) is 10.1 Å². The van der Waals surface area contributed by atoms with E-state index >= 15 is 0 Å². The molecule has 0 saturated heterocycles. The first kappa shape index (κ1) is 27.5. The summed E-state index contributed by atoms with van der Waals surface area (Å²) in [6, 6.07) is 17.7. The monoisotopic (exact) mass is 516 g/mol. The summed E-state index contributed by atoms with van der Waals surface area (Å²) in [5.74, 6) is -0.0663. The average molecular weight is 517 g/mol. The highest BCUT2D eigenvalue weighted by Crippen LogP contribution is 2.26. The summed E-state index contributed by atoms with van der Waals surface area (Å²) in [5.41, 5.74) is 2.68. The average Bonchev–Trinajstić information content (AvgIpc) is 2.90. The minimum atomic E-state index is -0.386. The van der Waals surface area contributed by atoms with Gasteiger partial charge in [0.2, 0.25) is 5.91 Å². The molecule has 1 aromatic heterocycles. The molecule has 2 heterocycles. The number of rotatable bonds is 5. The molecule has 6 nitrogen and oxygen atoms in total. The Labute approximate surface area is 225 Å². The number of carbonyl (C=O) groups is 2. The van der Waals surface area contributed by atoms with Crippen LogP contribution in [0.1, 0.15) is 48.2 Å². The Morgan fingerprint density at radius 1 is 0.947 bits per heavy atom. The second-order valence-electron chi connectivity index (χ2n) is 10.4. The Morgan fingerprint density at radius 3 is 2.42 bits per heavy atom. The number of fused-ring (bicyclic) bond motifs is 1. The number of amides is 2. The van der Waals surface area contributed by atoms with E-state index < -0.39 is 0 Å². The largest absolute Gasteiger partial charge is 0.338 e. The zero-order chi connectivity index (χ0) is 26.9. The molecular formula is C31H37FN4O2. The van der Waals surface area contributed by atoms with E-state index in [1.54, 1.807) is 35.5 Å². The highest BCUT2D eigenvalue weighted by atomic mass is 19.1. The zero-order valence-electron chi connectivity index (χ0n) is 22.4. The minimum Gasteiger partial charge on any atom is -0.338 e. The van der Waals surface area contributed by atoms with Crippen LogP contribution in [-0.4, -0.2) is 59.3 Å². The van der Waals surface area contributed by atoms with Crippen LogP contribution in [0.25, 0.3) is 0 Å². The third kappa shape index (κ3) is 7.48. The SMILES string of the molecule is CC(C)CN1CCCN(C(=O)Cc2ccccc2)Cc2cc(F)ccc2N(C(=O)c2cccnc2)CCC1. The lowest BCUT2D eigenvalue weighted by Gasteiger charge is -2.32. The zero-order valence-corrected chi connectivity index (χ0v) is 22.4. The number of carbonyl (C=O) groups excluding carboxylic acids is 2. The molecule has 38 heavy (non-hydrogen) atoms. The van der Waals surface area contributed by atoms with Gasteiger partial charge in [-0.25, -0.2) is 4.39 Å². The minimum absolute atomic E-state index is 0.0102. The fourth-order valence-corrected chi connectivity index (χ4v) is 5.05. The van der Waals surface area contributed by atoms with Crippen molar-refractivity contribution in [1.29, 1.82) is 0 Å². The van der Waals surface area contributed by atoms with E-state index in [1.165, 1.54) is 12.1 Å². The molecule has 0 fully saturated rings. The summed E-state index contributed by atoms with van der Waals surface area (Å²) in [6.45, 7) is 8.34. The summed E-state index contributed by atoms with van der Waals surface area (Å²) in [5, 5.41) is 0. The predicted octanol–water partition coefficient (Wildman–Crippen LogP) is 5.19. The number of pyridine rings is 1. The van der Waals surface area contributed by atoms with Crippen LogP contribution in [0, 0.1) is 11.7 Å². The molecule has 0 radical (unpaired) electrons. The molecule has 2 amide bonds. The second-order valence-corrected chi connectivity index (χ2v) is 10.4. The van der Waals surface area contributed by atoms with Crippen LogP contribution < -0.4 is 4.90 Å². The number of hydrogen-bond acceptors (Lipinski definition) is 4. The van der Waals surface area contributed by atoms with Crippen LogP contribution in [0.3, 0.4) is 0 Å². The van der Waals surface area contributed by atoms with Gasteiger partial charge in [0.05, 0.1) is 12.0 Å². The van der Waals surface area contributed by atoms with Crippen molar-refractivity contribution >= 4 is 17.5 Å². The molecule has 0 saturated carbocycles. The molecule has 0 bridgehead atoms. The van der Waals surface area contributed by atoms with E-state index in [2.05, 4.69) is 23.7 Å². The van der Waals surface area contributed by atoms with Gasteiger partial charge in [-0.3, -0.25) is 14.6 Å². The molecule has 1 aliphatic rings. The molecule has 0 aliphatic carbocycles. The van der Waals surface area contributed by atoms with Crippen LogP contribution in [0.2, 0.25) is 0 Å². The molecule has 0 unspecified atom stereocenters. The van der Waals surface area contributed by atoms with Gasteiger partial charge in [0, 0.05) is 44.3 Å². The fraction of sp³-hybridized carbons (Fsp3) is 0.387. The first-order valence-corrected chi connectivity index (χ1v) is 13.4. The van der Waals surface area contributed by atoms with E-state index in [1.807, 2.05) is 35.2 Å². The van der Waals surface area contributed by atoms with Gasteiger partial charge in [-0.1, -0.05) is 44.2 Å². The number of nitrogens with zero attached hydrogens (tertiary/aromatic N) is 4. The third-order valence-corrected chi connectivity index (χ3v) is 6.78. The normalized spacial score (nSPS) is 15.5. The van der Waals surface area contributed by atoms with Crippen molar-refractivity contribution < 1.29 is 14.0 Å². The van der Waals surface area contributed by atoms with Crippen LogP contribution in [-0.2, 0) is 17.8 Å². The van der Waals surface area contributed by atoms with E-state index in [-0.39, 0.29) is 30.6 Å². The predicted molar refractivity (Wildman–Crippen MR) is 148 cm³/mol. The van der Waals surface area contributed by atoms with Crippen molar-refractivity contribution in [3.05, 3.63) is 95.6 Å². The van der Waals surface area contributed by atoms with Crippen LogP contribution >= 0.6 is 0 Å². The standard InChI is InChI=1S/C31H37FN4O2/c1-24(2)22-34-15-7-17-35(30(37)19-25-9-4-3-5-10-25)23-27-20-28(32)12-13-29(27)36(18-8-16-34)31(38)26-11-6-14-33-21-26/h3-6,9-14,20-21,24H,7-8,15-19,22-23H2,1-2H3. The number of aromatic nitrogens is 1. The van der Waals surface area contributed by atoms with Gasteiger partial charge in [-0.05, 0) is 73.3 Å². The van der Waals surface area contributed by atoms with Crippen LogP contribution in [0.5, 0.6) is 0 Å². The maximum Gasteiger partial charge on any atom is 0.259 e. The van der Waals surface area contributed by atoms with Gasteiger partial charge in [-0.15, -0.1) is 0 Å². The summed E-state index contributed by atoms with van der Waals surface area (Å²) in [7, 11) is 0. The molecular weight excluding hydrogens is 479 g/mol.